The smallest absolute Gasteiger partial charge is 0.410 e. The summed E-state index contributed by atoms with van der Waals surface area (Å²) in [4.78, 5) is 26.3. The summed E-state index contributed by atoms with van der Waals surface area (Å²) in [5.74, 6) is 0. The number of carbonyl (C=O) groups is 2. The molecule has 0 spiro atoms. The molecule has 0 unspecified atom stereocenters. The van der Waals surface area contributed by atoms with Gasteiger partial charge in [-0.05, 0) is 31.5 Å². The van der Waals surface area contributed by atoms with Crippen LogP contribution < -0.4 is 0 Å². The quantitative estimate of drug-likeness (QED) is 0.684. The normalized spacial score (nSPS) is 16.9. The molecule has 0 atom stereocenters. The fraction of sp³-hybridized carbons (Fsp3) is 0.800. The Morgan fingerprint density at radius 1 is 1.12 bits per heavy atom. The molecular formula is C10H17ClN2O3S. The van der Waals surface area contributed by atoms with Gasteiger partial charge in [-0.1, -0.05) is 0 Å². The van der Waals surface area contributed by atoms with Crippen molar-refractivity contribution in [1.29, 1.82) is 0 Å². The first-order valence-corrected chi connectivity index (χ1v) is 7.03. The molecule has 1 aliphatic heterocycles. The van der Waals surface area contributed by atoms with Crippen molar-refractivity contribution in [3.05, 3.63) is 0 Å². The predicted octanol–water partition coefficient (Wildman–Crippen LogP) is 2.55. The summed E-state index contributed by atoms with van der Waals surface area (Å²) in [7, 11) is 6.07. The van der Waals surface area contributed by atoms with Gasteiger partial charge in [0.25, 0.3) is 5.24 Å². The number of hydrogen-bond acceptors (Lipinski definition) is 4. The van der Waals surface area contributed by atoms with E-state index in [-0.39, 0.29) is 11.3 Å². The van der Waals surface area contributed by atoms with Crippen molar-refractivity contribution in [3.63, 3.8) is 0 Å². The van der Waals surface area contributed by atoms with E-state index in [9.17, 15) is 9.59 Å². The van der Waals surface area contributed by atoms with Crippen LogP contribution in [0.1, 0.15) is 20.8 Å². The van der Waals surface area contributed by atoms with Gasteiger partial charge in [0.2, 0.25) is 0 Å². The maximum atomic E-state index is 11.7. The highest BCUT2D eigenvalue weighted by atomic mass is 35.7. The molecule has 0 aromatic carbocycles. The Hall–Kier alpha value is -0.620. The van der Waals surface area contributed by atoms with Gasteiger partial charge in [0.15, 0.2) is 0 Å². The van der Waals surface area contributed by atoms with Crippen LogP contribution in [0, 0.1) is 0 Å². The molecule has 1 saturated heterocycles. The highest BCUT2D eigenvalue weighted by Gasteiger charge is 2.27. The van der Waals surface area contributed by atoms with Crippen LogP contribution in [0.25, 0.3) is 0 Å². The Morgan fingerprint density at radius 2 is 1.59 bits per heavy atom. The van der Waals surface area contributed by atoms with Gasteiger partial charge in [-0.2, -0.15) is 0 Å². The van der Waals surface area contributed by atoms with Crippen molar-refractivity contribution < 1.29 is 14.3 Å². The Bertz CT molecular complexity index is 298. The lowest BCUT2D eigenvalue weighted by atomic mass is 10.2. The summed E-state index contributed by atoms with van der Waals surface area (Å²) in [6, 6.07) is 0. The van der Waals surface area contributed by atoms with Crippen LogP contribution >= 0.6 is 21.7 Å². The van der Waals surface area contributed by atoms with Crippen LogP contribution in [0.5, 0.6) is 0 Å². The monoisotopic (exact) mass is 280 g/mol. The van der Waals surface area contributed by atoms with E-state index in [0.29, 0.717) is 37.2 Å². The highest BCUT2D eigenvalue weighted by molar-refractivity contribution is 8.32. The van der Waals surface area contributed by atoms with Gasteiger partial charge in [-0.25, -0.2) is 4.79 Å². The van der Waals surface area contributed by atoms with Gasteiger partial charge in [-0.3, -0.25) is 4.79 Å². The fourth-order valence-electron chi connectivity index (χ4n) is 1.45. The molecule has 17 heavy (non-hydrogen) atoms. The van der Waals surface area contributed by atoms with E-state index in [1.165, 1.54) is 0 Å². The number of amides is 2. The van der Waals surface area contributed by atoms with Crippen molar-refractivity contribution in [2.45, 2.75) is 26.4 Å². The Morgan fingerprint density at radius 3 is 2.00 bits per heavy atom. The number of nitrogens with zero attached hydrogens (tertiary/aromatic N) is 2. The minimum Gasteiger partial charge on any atom is -0.444 e. The van der Waals surface area contributed by atoms with Crippen molar-refractivity contribution in [3.8, 4) is 0 Å². The maximum Gasteiger partial charge on any atom is 0.410 e. The van der Waals surface area contributed by atoms with Crippen molar-refractivity contribution >= 4 is 33.0 Å². The average molecular weight is 281 g/mol. The lowest BCUT2D eigenvalue weighted by molar-refractivity contribution is 0.0177. The zero-order chi connectivity index (χ0) is 13.1. The van der Waals surface area contributed by atoms with E-state index in [1.54, 1.807) is 9.80 Å². The largest absolute Gasteiger partial charge is 0.444 e. The topological polar surface area (TPSA) is 49.9 Å². The summed E-state index contributed by atoms with van der Waals surface area (Å²) in [5.41, 5.74) is -0.490. The molecule has 5 nitrogen and oxygen atoms in total. The second kappa shape index (κ2) is 5.82. The van der Waals surface area contributed by atoms with Gasteiger partial charge in [0.1, 0.15) is 5.60 Å². The molecule has 1 aliphatic rings. The molecule has 0 aromatic rings. The third kappa shape index (κ3) is 4.63. The Balaban J connectivity index is 2.42. The summed E-state index contributed by atoms with van der Waals surface area (Å²) in [6.07, 6.45) is -0.330. The first-order valence-electron chi connectivity index (χ1n) is 5.39. The second-order valence-corrected chi connectivity index (χ2v) is 5.76. The van der Waals surface area contributed by atoms with Crippen LogP contribution in [0.15, 0.2) is 0 Å². The van der Waals surface area contributed by atoms with Crippen molar-refractivity contribution in [2.24, 2.45) is 0 Å². The number of rotatable bonds is 0. The van der Waals surface area contributed by atoms with Gasteiger partial charge < -0.3 is 14.5 Å². The summed E-state index contributed by atoms with van der Waals surface area (Å²) >= 11 is 0. The minimum atomic E-state index is -0.490. The molecule has 1 rings (SSSR count). The van der Waals surface area contributed by atoms with Gasteiger partial charge in [0, 0.05) is 37.2 Å². The van der Waals surface area contributed by atoms with E-state index < -0.39 is 5.60 Å². The van der Waals surface area contributed by atoms with E-state index in [0.717, 1.165) is 0 Å². The number of piperazine rings is 1. The molecule has 1 heterocycles. The summed E-state index contributed by atoms with van der Waals surface area (Å²) in [6.45, 7) is 7.45. The first-order chi connectivity index (χ1) is 7.83. The summed E-state index contributed by atoms with van der Waals surface area (Å²) < 4.78 is 5.25. The van der Waals surface area contributed by atoms with E-state index in [4.69, 9.17) is 15.4 Å². The van der Waals surface area contributed by atoms with Gasteiger partial charge in [-0.15, -0.1) is 0 Å². The van der Waals surface area contributed by atoms with Gasteiger partial charge >= 0.3 is 6.09 Å². The van der Waals surface area contributed by atoms with Crippen molar-refractivity contribution in [2.75, 3.05) is 26.2 Å². The van der Waals surface area contributed by atoms with Crippen LogP contribution in [0.3, 0.4) is 0 Å². The average Bonchev–Trinajstić information content (AvgIpc) is 2.26. The predicted molar refractivity (Wildman–Crippen MR) is 68.2 cm³/mol. The Labute approximate surface area is 110 Å². The number of carbonyl (C=O) groups excluding carboxylic acids is 2. The van der Waals surface area contributed by atoms with Crippen LogP contribution in [-0.4, -0.2) is 52.9 Å². The van der Waals surface area contributed by atoms with Crippen LogP contribution in [-0.2, 0) is 4.74 Å². The van der Waals surface area contributed by atoms with Crippen molar-refractivity contribution in [1.82, 2.24) is 9.80 Å². The minimum absolute atomic E-state index is 0.171. The molecule has 98 valence electrons. The zero-order valence-electron chi connectivity index (χ0n) is 10.2. The fourth-order valence-corrected chi connectivity index (χ4v) is 2.02. The summed E-state index contributed by atoms with van der Waals surface area (Å²) in [5, 5.41) is -0.171. The molecule has 2 amide bonds. The molecule has 0 aliphatic carbocycles. The maximum absolute atomic E-state index is 11.7. The number of hydrogen-bond donors (Lipinski definition) is 0. The molecule has 0 bridgehead atoms. The first kappa shape index (κ1) is 14.4. The third-order valence-corrected chi connectivity index (χ3v) is 3.04. The van der Waals surface area contributed by atoms with Crippen LogP contribution in [0.4, 0.5) is 9.59 Å². The zero-order valence-corrected chi connectivity index (χ0v) is 11.8. The lowest BCUT2D eigenvalue weighted by Gasteiger charge is -2.34. The Kier molecular flexibility index (Phi) is 4.94. The third-order valence-electron chi connectivity index (χ3n) is 2.26. The highest BCUT2D eigenvalue weighted by Crippen LogP contribution is 2.16. The molecule has 0 saturated carbocycles. The van der Waals surface area contributed by atoms with E-state index in [2.05, 4.69) is 0 Å². The number of halogens is 1. The second-order valence-electron chi connectivity index (χ2n) is 4.80. The molecule has 0 aromatic heterocycles. The van der Waals surface area contributed by atoms with E-state index in [1.807, 2.05) is 20.8 Å². The standard InChI is InChI=1S/C10H17ClN2O3S/c1-10(2,3)16-8(14)12-4-6-13(7-5-12)9(15)17-11/h4-7H2,1-3H3. The van der Waals surface area contributed by atoms with Gasteiger partial charge in [0.05, 0.1) is 0 Å². The molecule has 7 heteroatoms. The van der Waals surface area contributed by atoms with Crippen LogP contribution in [0.2, 0.25) is 0 Å². The van der Waals surface area contributed by atoms with E-state index >= 15 is 0 Å². The lowest BCUT2D eigenvalue weighted by Crippen LogP contribution is -2.50. The SMILES string of the molecule is CC(C)(C)OC(=O)N1CCN(C(=O)SCl)CC1. The molecule has 1 fully saturated rings. The molecule has 0 N–H and O–H groups in total. The molecule has 0 radical (unpaired) electrons. The number of ether oxygens (including phenoxy) is 1. The molecular weight excluding hydrogens is 264 g/mol.